The molecule has 1 unspecified atom stereocenters. The summed E-state index contributed by atoms with van der Waals surface area (Å²) in [5.41, 5.74) is 8.18. The van der Waals surface area contributed by atoms with Crippen LogP contribution in [0.25, 0.3) is 0 Å². The summed E-state index contributed by atoms with van der Waals surface area (Å²) in [5.74, 6) is 0.718. The molecule has 1 saturated carbocycles. The van der Waals surface area contributed by atoms with Gasteiger partial charge in [-0.15, -0.1) is 0 Å². The fraction of sp³-hybridized carbons (Fsp3) is 0.667. The van der Waals surface area contributed by atoms with Gasteiger partial charge in [0.25, 0.3) is 0 Å². The summed E-state index contributed by atoms with van der Waals surface area (Å²) in [5, 5.41) is 0. The second-order valence-electron chi connectivity index (χ2n) is 6.72. The molecule has 1 aromatic carbocycles. The summed E-state index contributed by atoms with van der Waals surface area (Å²) in [6, 6.07) is 10.9. The predicted molar refractivity (Wildman–Crippen MR) is 82.8 cm³/mol. The van der Waals surface area contributed by atoms with Crippen molar-refractivity contribution < 1.29 is 4.74 Å². The molecule has 110 valence electrons. The maximum atomic E-state index is 6.62. The summed E-state index contributed by atoms with van der Waals surface area (Å²) < 4.78 is 5.72. The Kier molecular flexibility index (Phi) is 4.42. The molecule has 0 bridgehead atoms. The first-order chi connectivity index (χ1) is 9.75. The molecule has 0 spiro atoms. The van der Waals surface area contributed by atoms with Crippen molar-refractivity contribution in [2.75, 3.05) is 6.61 Å². The van der Waals surface area contributed by atoms with Gasteiger partial charge in [0.15, 0.2) is 0 Å². The van der Waals surface area contributed by atoms with Crippen LogP contribution in [0.2, 0.25) is 0 Å². The van der Waals surface area contributed by atoms with Crippen LogP contribution in [0.15, 0.2) is 30.3 Å². The van der Waals surface area contributed by atoms with Crippen LogP contribution in [0.3, 0.4) is 0 Å². The minimum Gasteiger partial charge on any atom is -0.378 e. The van der Waals surface area contributed by atoms with Crippen LogP contribution in [-0.2, 0) is 4.74 Å². The lowest BCUT2D eigenvalue weighted by Crippen LogP contribution is -2.43. The lowest BCUT2D eigenvalue weighted by molar-refractivity contribution is 0.0917. The summed E-state index contributed by atoms with van der Waals surface area (Å²) in [6.45, 7) is 0.957. The molecule has 2 nitrogen and oxygen atoms in total. The quantitative estimate of drug-likeness (QED) is 0.900. The molecule has 20 heavy (non-hydrogen) atoms. The monoisotopic (exact) mass is 273 g/mol. The SMILES string of the molecule is NC1(CCC2CCCO2)CCC(c2ccccc2)CC1. The van der Waals surface area contributed by atoms with Gasteiger partial charge in [-0.2, -0.15) is 0 Å². The number of benzene rings is 1. The van der Waals surface area contributed by atoms with Crippen LogP contribution in [0, 0.1) is 0 Å². The Morgan fingerprint density at radius 2 is 1.85 bits per heavy atom. The van der Waals surface area contributed by atoms with Gasteiger partial charge in [0.2, 0.25) is 0 Å². The molecule has 1 aliphatic carbocycles. The standard InChI is InChI=1S/C18H27NO/c19-18(13-10-17-7-4-14-20-17)11-8-16(9-12-18)15-5-2-1-3-6-15/h1-3,5-6,16-17H,4,7-14,19H2. The molecule has 1 aliphatic heterocycles. The number of nitrogens with two attached hydrogens (primary N) is 1. The van der Waals surface area contributed by atoms with E-state index in [9.17, 15) is 0 Å². The molecular formula is C18H27NO. The Hall–Kier alpha value is -0.860. The minimum atomic E-state index is 0.0667. The minimum absolute atomic E-state index is 0.0667. The highest BCUT2D eigenvalue weighted by Crippen LogP contribution is 2.39. The summed E-state index contributed by atoms with van der Waals surface area (Å²) in [6.07, 6.45) is 10.1. The van der Waals surface area contributed by atoms with E-state index in [0.29, 0.717) is 6.10 Å². The first-order valence-corrected chi connectivity index (χ1v) is 8.21. The van der Waals surface area contributed by atoms with E-state index in [1.54, 1.807) is 0 Å². The van der Waals surface area contributed by atoms with E-state index >= 15 is 0 Å². The molecule has 0 aromatic heterocycles. The van der Waals surface area contributed by atoms with Crippen molar-refractivity contribution in [2.24, 2.45) is 5.73 Å². The summed E-state index contributed by atoms with van der Waals surface area (Å²) in [7, 11) is 0. The molecule has 1 saturated heterocycles. The van der Waals surface area contributed by atoms with E-state index in [1.165, 1.54) is 44.1 Å². The van der Waals surface area contributed by atoms with E-state index in [-0.39, 0.29) is 5.54 Å². The highest BCUT2D eigenvalue weighted by atomic mass is 16.5. The first kappa shape index (κ1) is 14.1. The second-order valence-corrected chi connectivity index (χ2v) is 6.72. The van der Waals surface area contributed by atoms with Gasteiger partial charge < -0.3 is 10.5 Å². The molecule has 2 fully saturated rings. The molecule has 0 radical (unpaired) electrons. The topological polar surface area (TPSA) is 35.2 Å². The molecule has 1 atom stereocenters. The Balaban J connectivity index is 1.49. The third-order valence-corrected chi connectivity index (χ3v) is 5.24. The van der Waals surface area contributed by atoms with E-state index in [0.717, 1.165) is 25.4 Å². The van der Waals surface area contributed by atoms with Crippen molar-refractivity contribution in [3.63, 3.8) is 0 Å². The third kappa shape index (κ3) is 3.42. The number of rotatable bonds is 4. The lowest BCUT2D eigenvalue weighted by atomic mass is 9.72. The fourth-order valence-electron chi connectivity index (χ4n) is 3.82. The van der Waals surface area contributed by atoms with Gasteiger partial charge in [-0.3, -0.25) is 0 Å². The average Bonchev–Trinajstić information content (AvgIpc) is 3.01. The molecule has 2 heteroatoms. The average molecular weight is 273 g/mol. The smallest absolute Gasteiger partial charge is 0.0576 e. The number of ether oxygens (including phenoxy) is 1. The zero-order valence-corrected chi connectivity index (χ0v) is 12.4. The van der Waals surface area contributed by atoms with Crippen LogP contribution in [0.5, 0.6) is 0 Å². The van der Waals surface area contributed by atoms with Crippen LogP contribution in [0.1, 0.15) is 62.8 Å². The predicted octanol–water partition coefficient (Wildman–Crippen LogP) is 4.00. The van der Waals surface area contributed by atoms with Gasteiger partial charge in [-0.25, -0.2) is 0 Å². The normalized spacial score (nSPS) is 34.2. The maximum absolute atomic E-state index is 6.62. The van der Waals surface area contributed by atoms with Gasteiger partial charge in [-0.05, 0) is 62.8 Å². The highest BCUT2D eigenvalue weighted by molar-refractivity contribution is 5.20. The van der Waals surface area contributed by atoms with Gasteiger partial charge in [0.1, 0.15) is 0 Å². The largest absolute Gasteiger partial charge is 0.378 e. The highest BCUT2D eigenvalue weighted by Gasteiger charge is 2.32. The van der Waals surface area contributed by atoms with Crippen molar-refractivity contribution in [1.82, 2.24) is 0 Å². The lowest BCUT2D eigenvalue weighted by Gasteiger charge is -2.38. The van der Waals surface area contributed by atoms with Gasteiger partial charge >= 0.3 is 0 Å². The van der Waals surface area contributed by atoms with Crippen LogP contribution < -0.4 is 5.73 Å². The summed E-state index contributed by atoms with van der Waals surface area (Å²) >= 11 is 0. The van der Waals surface area contributed by atoms with Crippen molar-refractivity contribution in [3.05, 3.63) is 35.9 Å². The first-order valence-electron chi connectivity index (χ1n) is 8.21. The molecule has 1 aromatic rings. The van der Waals surface area contributed by atoms with Crippen LogP contribution >= 0.6 is 0 Å². The van der Waals surface area contributed by atoms with Crippen molar-refractivity contribution in [2.45, 2.75) is 68.9 Å². The van der Waals surface area contributed by atoms with Crippen molar-refractivity contribution >= 4 is 0 Å². The molecule has 0 amide bonds. The fourth-order valence-corrected chi connectivity index (χ4v) is 3.82. The van der Waals surface area contributed by atoms with Crippen molar-refractivity contribution in [3.8, 4) is 0 Å². The Morgan fingerprint density at radius 1 is 1.10 bits per heavy atom. The van der Waals surface area contributed by atoms with Gasteiger partial charge in [0.05, 0.1) is 6.10 Å². The Bertz CT molecular complexity index is 403. The molecule has 2 N–H and O–H groups in total. The zero-order valence-electron chi connectivity index (χ0n) is 12.4. The van der Waals surface area contributed by atoms with Gasteiger partial charge in [0, 0.05) is 12.1 Å². The maximum Gasteiger partial charge on any atom is 0.0576 e. The van der Waals surface area contributed by atoms with Crippen molar-refractivity contribution in [1.29, 1.82) is 0 Å². The van der Waals surface area contributed by atoms with E-state index in [1.807, 2.05) is 0 Å². The molecule has 1 heterocycles. The molecule has 2 aliphatic rings. The number of hydrogen-bond acceptors (Lipinski definition) is 2. The van der Waals surface area contributed by atoms with Crippen LogP contribution in [-0.4, -0.2) is 18.2 Å². The summed E-state index contributed by atoms with van der Waals surface area (Å²) in [4.78, 5) is 0. The third-order valence-electron chi connectivity index (χ3n) is 5.24. The zero-order chi connectivity index (χ0) is 13.8. The van der Waals surface area contributed by atoms with Gasteiger partial charge in [-0.1, -0.05) is 30.3 Å². The Morgan fingerprint density at radius 3 is 2.50 bits per heavy atom. The van der Waals surface area contributed by atoms with E-state index in [4.69, 9.17) is 10.5 Å². The molecular weight excluding hydrogens is 246 g/mol. The van der Waals surface area contributed by atoms with Crippen LogP contribution in [0.4, 0.5) is 0 Å². The number of hydrogen-bond donors (Lipinski definition) is 1. The van der Waals surface area contributed by atoms with E-state index < -0.39 is 0 Å². The Labute approximate surface area is 122 Å². The second kappa shape index (κ2) is 6.28. The van der Waals surface area contributed by atoms with E-state index in [2.05, 4.69) is 30.3 Å². The molecule has 3 rings (SSSR count).